The van der Waals surface area contributed by atoms with Crippen LogP contribution < -0.4 is 5.46 Å². The van der Waals surface area contributed by atoms with Crippen molar-refractivity contribution in [2.24, 2.45) is 0 Å². The summed E-state index contributed by atoms with van der Waals surface area (Å²) in [5, 5.41) is 0. The lowest BCUT2D eigenvalue weighted by Gasteiger charge is -2.32. The molecule has 1 aromatic rings. The van der Waals surface area contributed by atoms with Gasteiger partial charge in [-0.1, -0.05) is 0 Å². The van der Waals surface area contributed by atoms with Gasteiger partial charge in [-0.15, -0.1) is 0 Å². The predicted octanol–water partition coefficient (Wildman–Crippen LogP) is 1.84. The minimum absolute atomic E-state index is 0.305. The summed E-state index contributed by atoms with van der Waals surface area (Å²) >= 11 is 0. The zero-order valence-electron chi connectivity index (χ0n) is 13.2. The highest BCUT2D eigenvalue weighted by molar-refractivity contribution is 7.90. The quantitative estimate of drug-likeness (QED) is 0.782. The molecule has 1 aromatic carbocycles. The van der Waals surface area contributed by atoms with Gasteiger partial charge in [0.15, 0.2) is 9.84 Å². The summed E-state index contributed by atoms with van der Waals surface area (Å²) in [6.07, 6.45) is 0.985. The molecule has 7 heteroatoms. The van der Waals surface area contributed by atoms with Crippen molar-refractivity contribution < 1.29 is 22.1 Å². The summed E-state index contributed by atoms with van der Waals surface area (Å²) in [6, 6.07) is 2.51. The van der Waals surface area contributed by atoms with Crippen LogP contribution in [-0.2, 0) is 19.1 Å². The van der Waals surface area contributed by atoms with E-state index in [2.05, 4.69) is 0 Å². The van der Waals surface area contributed by atoms with Crippen LogP contribution in [0.25, 0.3) is 0 Å². The molecule has 0 amide bonds. The van der Waals surface area contributed by atoms with Crippen molar-refractivity contribution in [2.45, 2.75) is 50.7 Å². The van der Waals surface area contributed by atoms with Gasteiger partial charge in [0.2, 0.25) is 0 Å². The van der Waals surface area contributed by atoms with Crippen LogP contribution in [-0.4, -0.2) is 33.0 Å². The molecule has 0 aromatic heterocycles. The number of hydrogen-bond donors (Lipinski definition) is 0. The zero-order chi connectivity index (χ0) is 16.2. The van der Waals surface area contributed by atoms with Crippen LogP contribution >= 0.6 is 0 Å². The fourth-order valence-corrected chi connectivity index (χ4v) is 2.98. The minimum Gasteiger partial charge on any atom is -0.399 e. The van der Waals surface area contributed by atoms with Gasteiger partial charge in [0.05, 0.1) is 11.2 Å². The van der Waals surface area contributed by atoms with Crippen LogP contribution in [0, 0.1) is 12.7 Å². The molecule has 0 N–H and O–H groups in total. The van der Waals surface area contributed by atoms with Crippen molar-refractivity contribution in [1.82, 2.24) is 0 Å². The van der Waals surface area contributed by atoms with Crippen LogP contribution in [0.4, 0.5) is 4.39 Å². The predicted molar refractivity (Wildman–Crippen MR) is 80.0 cm³/mol. The first kappa shape index (κ1) is 16.5. The number of hydrogen-bond acceptors (Lipinski definition) is 4. The molecule has 1 aliphatic rings. The van der Waals surface area contributed by atoms with Gasteiger partial charge in [0.1, 0.15) is 10.7 Å². The highest BCUT2D eigenvalue weighted by Crippen LogP contribution is 2.36. The molecule has 0 spiro atoms. The minimum atomic E-state index is -3.60. The standard InChI is InChI=1S/C14H20BFO4S/c1-9-7-12(21(6,17)18)11(16)8-10(9)15-19-13(2,3)14(4,5)20-15/h7-8H,1-6H3. The van der Waals surface area contributed by atoms with E-state index in [0.717, 1.165) is 6.26 Å². The highest BCUT2D eigenvalue weighted by Gasteiger charge is 2.52. The van der Waals surface area contributed by atoms with Gasteiger partial charge in [-0.25, -0.2) is 12.8 Å². The van der Waals surface area contributed by atoms with E-state index in [1.807, 2.05) is 27.7 Å². The van der Waals surface area contributed by atoms with E-state index in [4.69, 9.17) is 9.31 Å². The monoisotopic (exact) mass is 314 g/mol. The molecule has 4 nitrogen and oxygen atoms in total. The normalized spacial score (nSPS) is 20.8. The average molecular weight is 314 g/mol. The Hall–Kier alpha value is -0.915. The Morgan fingerprint density at radius 1 is 1.10 bits per heavy atom. The summed E-state index contributed by atoms with van der Waals surface area (Å²) in [5.41, 5.74) is 0.0699. The number of benzene rings is 1. The maximum absolute atomic E-state index is 14.1. The first-order chi connectivity index (χ1) is 9.35. The smallest absolute Gasteiger partial charge is 0.399 e. The Labute approximate surface area is 125 Å². The number of aryl methyl sites for hydroxylation is 1. The fraction of sp³-hybridized carbons (Fsp3) is 0.571. The van der Waals surface area contributed by atoms with Crippen molar-refractivity contribution >= 4 is 22.4 Å². The van der Waals surface area contributed by atoms with Gasteiger partial charge < -0.3 is 9.31 Å². The van der Waals surface area contributed by atoms with E-state index in [-0.39, 0.29) is 4.90 Å². The molecule has 0 radical (unpaired) electrons. The van der Waals surface area contributed by atoms with E-state index in [1.54, 1.807) is 6.92 Å². The number of halogens is 1. The molecule has 1 fully saturated rings. The number of rotatable bonds is 2. The highest BCUT2D eigenvalue weighted by atomic mass is 32.2. The van der Waals surface area contributed by atoms with Crippen molar-refractivity contribution in [3.8, 4) is 0 Å². The van der Waals surface area contributed by atoms with Gasteiger partial charge in [-0.05, 0) is 57.8 Å². The van der Waals surface area contributed by atoms with E-state index < -0.39 is 34.0 Å². The summed E-state index contributed by atoms with van der Waals surface area (Å²) in [5.74, 6) is -0.784. The second-order valence-electron chi connectivity index (χ2n) is 6.50. The topological polar surface area (TPSA) is 52.6 Å². The second-order valence-corrected chi connectivity index (χ2v) is 8.48. The van der Waals surface area contributed by atoms with E-state index >= 15 is 0 Å². The second kappa shape index (κ2) is 4.79. The van der Waals surface area contributed by atoms with Crippen molar-refractivity contribution in [3.63, 3.8) is 0 Å². The SMILES string of the molecule is Cc1cc(S(C)(=O)=O)c(F)cc1B1OC(C)(C)C(C)(C)O1. The molecule has 2 rings (SSSR count). The van der Waals surface area contributed by atoms with Gasteiger partial charge in [-0.2, -0.15) is 0 Å². The Morgan fingerprint density at radius 3 is 2.00 bits per heavy atom. The molecule has 0 bridgehead atoms. The molecular formula is C14H20BFO4S. The average Bonchev–Trinajstić information content (AvgIpc) is 2.49. The molecule has 21 heavy (non-hydrogen) atoms. The zero-order valence-corrected chi connectivity index (χ0v) is 14.0. The van der Waals surface area contributed by atoms with Crippen LogP contribution in [0.3, 0.4) is 0 Å². The fourth-order valence-electron chi connectivity index (χ4n) is 2.18. The first-order valence-corrected chi connectivity index (χ1v) is 8.60. The van der Waals surface area contributed by atoms with Crippen LogP contribution in [0.2, 0.25) is 0 Å². The van der Waals surface area contributed by atoms with Gasteiger partial charge in [0.25, 0.3) is 0 Å². The molecule has 116 valence electrons. The molecule has 0 atom stereocenters. The lowest BCUT2D eigenvalue weighted by Crippen LogP contribution is -2.41. The Kier molecular flexibility index (Phi) is 3.76. The summed E-state index contributed by atoms with van der Waals surface area (Å²) in [6.45, 7) is 9.34. The van der Waals surface area contributed by atoms with Crippen molar-refractivity contribution in [2.75, 3.05) is 6.26 Å². The third-order valence-electron chi connectivity index (χ3n) is 4.23. The van der Waals surface area contributed by atoms with Crippen molar-refractivity contribution in [1.29, 1.82) is 0 Å². The third-order valence-corrected chi connectivity index (χ3v) is 5.34. The van der Waals surface area contributed by atoms with Gasteiger partial charge >= 0.3 is 7.12 Å². The van der Waals surface area contributed by atoms with Crippen molar-refractivity contribution in [3.05, 3.63) is 23.5 Å². The third kappa shape index (κ3) is 2.87. The molecule has 1 heterocycles. The summed E-state index contributed by atoms with van der Waals surface area (Å²) in [4.78, 5) is -0.305. The van der Waals surface area contributed by atoms with Crippen LogP contribution in [0.1, 0.15) is 33.3 Å². The first-order valence-electron chi connectivity index (χ1n) is 6.71. The lowest BCUT2D eigenvalue weighted by molar-refractivity contribution is 0.00578. The van der Waals surface area contributed by atoms with Crippen LogP contribution in [0.5, 0.6) is 0 Å². The molecule has 1 saturated heterocycles. The Bertz CT molecular complexity index is 666. The van der Waals surface area contributed by atoms with E-state index in [1.165, 1.54) is 12.1 Å². The van der Waals surface area contributed by atoms with Crippen LogP contribution in [0.15, 0.2) is 17.0 Å². The maximum Gasteiger partial charge on any atom is 0.495 e. The largest absolute Gasteiger partial charge is 0.495 e. The summed E-state index contributed by atoms with van der Waals surface area (Å²) < 4.78 is 48.9. The lowest BCUT2D eigenvalue weighted by atomic mass is 9.76. The maximum atomic E-state index is 14.1. The molecule has 0 saturated carbocycles. The van der Waals surface area contributed by atoms with E-state index in [0.29, 0.717) is 11.0 Å². The van der Waals surface area contributed by atoms with Gasteiger partial charge in [0, 0.05) is 6.26 Å². The van der Waals surface area contributed by atoms with Gasteiger partial charge in [-0.3, -0.25) is 0 Å². The molecule has 1 aliphatic heterocycles. The van der Waals surface area contributed by atoms with E-state index in [9.17, 15) is 12.8 Å². The molecule has 0 unspecified atom stereocenters. The summed E-state index contributed by atoms with van der Waals surface area (Å²) in [7, 11) is -4.31. The Morgan fingerprint density at radius 2 is 1.57 bits per heavy atom. The Balaban J connectivity index is 2.47. The molecular weight excluding hydrogens is 294 g/mol. The molecule has 0 aliphatic carbocycles. The number of sulfone groups is 1.